The molecular formula is C16H22F2N2O3. The number of carbonyl (C=O) groups excluding carboxylic acids is 2. The third-order valence-electron chi connectivity index (χ3n) is 3.22. The van der Waals surface area contributed by atoms with Gasteiger partial charge < -0.3 is 15.7 Å². The zero-order valence-corrected chi connectivity index (χ0v) is 13.6. The summed E-state index contributed by atoms with van der Waals surface area (Å²) in [6.07, 6.45) is -1.52. The number of nitrogens with one attached hydrogen (secondary N) is 2. The van der Waals surface area contributed by atoms with Crippen LogP contribution in [0.25, 0.3) is 0 Å². The molecule has 0 aromatic heterocycles. The second-order valence-corrected chi connectivity index (χ2v) is 6.34. The lowest BCUT2D eigenvalue weighted by molar-refractivity contribution is -0.133. The van der Waals surface area contributed by atoms with E-state index in [1.807, 2.05) is 0 Å². The number of hydrogen-bond donors (Lipinski definition) is 3. The van der Waals surface area contributed by atoms with Gasteiger partial charge in [-0.05, 0) is 19.1 Å². The summed E-state index contributed by atoms with van der Waals surface area (Å²) in [5, 5.41) is 14.7. The second kappa shape index (κ2) is 7.50. The summed E-state index contributed by atoms with van der Waals surface area (Å²) in [7, 11) is 0. The normalized spacial score (nSPS) is 14.0. The predicted octanol–water partition coefficient (Wildman–Crippen LogP) is 1.67. The first-order chi connectivity index (χ1) is 10.5. The Hall–Kier alpha value is -2.02. The van der Waals surface area contributed by atoms with Crippen LogP contribution in [0, 0.1) is 17.0 Å². The molecule has 5 nitrogen and oxygen atoms in total. The zero-order valence-electron chi connectivity index (χ0n) is 13.6. The molecule has 0 fully saturated rings. The number of benzene rings is 1. The monoisotopic (exact) mass is 328 g/mol. The number of halogens is 2. The van der Waals surface area contributed by atoms with E-state index in [0.717, 1.165) is 12.1 Å². The van der Waals surface area contributed by atoms with Crippen molar-refractivity contribution in [3.8, 4) is 0 Å². The number of aliphatic hydroxyl groups is 1. The first-order valence-electron chi connectivity index (χ1n) is 7.24. The molecule has 0 aliphatic carbocycles. The van der Waals surface area contributed by atoms with Crippen molar-refractivity contribution in [2.45, 2.75) is 39.8 Å². The van der Waals surface area contributed by atoms with Crippen LogP contribution >= 0.6 is 0 Å². The summed E-state index contributed by atoms with van der Waals surface area (Å²) in [5.41, 5.74) is -1.15. The van der Waals surface area contributed by atoms with Crippen LogP contribution in [0.1, 0.15) is 39.4 Å². The van der Waals surface area contributed by atoms with Crippen molar-refractivity contribution in [3.05, 3.63) is 35.4 Å². The smallest absolute Gasteiger partial charge is 0.242 e. The molecule has 1 aromatic carbocycles. The Bertz CT molecular complexity index is 565. The van der Waals surface area contributed by atoms with Crippen molar-refractivity contribution in [2.75, 3.05) is 6.54 Å². The van der Waals surface area contributed by atoms with Crippen molar-refractivity contribution in [1.82, 2.24) is 10.6 Å². The van der Waals surface area contributed by atoms with E-state index in [1.165, 1.54) is 13.0 Å². The van der Waals surface area contributed by atoms with Crippen LogP contribution in [-0.2, 0) is 9.59 Å². The SMILES string of the molecule is CC(NC(=O)C(C)(C)C)C(=O)NCC(O)c1c(F)cccc1F. The van der Waals surface area contributed by atoms with Gasteiger partial charge in [-0.3, -0.25) is 9.59 Å². The molecule has 0 bridgehead atoms. The molecule has 128 valence electrons. The number of rotatable bonds is 5. The average Bonchev–Trinajstić information content (AvgIpc) is 2.43. The van der Waals surface area contributed by atoms with Gasteiger partial charge in [-0.2, -0.15) is 0 Å². The molecule has 2 atom stereocenters. The summed E-state index contributed by atoms with van der Waals surface area (Å²) >= 11 is 0. The molecule has 23 heavy (non-hydrogen) atoms. The molecule has 7 heteroatoms. The first kappa shape index (κ1) is 19.0. The van der Waals surface area contributed by atoms with E-state index < -0.39 is 40.7 Å². The van der Waals surface area contributed by atoms with Crippen molar-refractivity contribution in [2.24, 2.45) is 5.41 Å². The third kappa shape index (κ3) is 5.28. The standard InChI is InChI=1S/C16H22F2N2O3/c1-9(20-15(23)16(2,3)4)14(22)19-8-12(21)13-10(17)6-5-7-11(13)18/h5-7,9,12,21H,8H2,1-4H3,(H,19,22)(H,20,23). The average molecular weight is 328 g/mol. The van der Waals surface area contributed by atoms with Crippen LogP contribution in [0.15, 0.2) is 18.2 Å². The number of aliphatic hydroxyl groups excluding tert-OH is 1. The Labute approximate surface area is 134 Å². The van der Waals surface area contributed by atoms with Gasteiger partial charge in [-0.25, -0.2) is 8.78 Å². The minimum absolute atomic E-state index is 0.305. The molecule has 3 N–H and O–H groups in total. The fourth-order valence-corrected chi connectivity index (χ4v) is 1.76. The summed E-state index contributed by atoms with van der Waals surface area (Å²) in [5.74, 6) is -2.64. The lowest BCUT2D eigenvalue weighted by Gasteiger charge is -2.22. The van der Waals surface area contributed by atoms with Crippen LogP contribution in [0.2, 0.25) is 0 Å². The van der Waals surface area contributed by atoms with Gasteiger partial charge in [0.2, 0.25) is 11.8 Å². The number of hydrogen-bond acceptors (Lipinski definition) is 3. The molecule has 0 saturated carbocycles. The van der Waals surface area contributed by atoms with Gasteiger partial charge in [0.1, 0.15) is 23.8 Å². The van der Waals surface area contributed by atoms with E-state index >= 15 is 0 Å². The molecule has 1 rings (SSSR count). The molecule has 0 aliphatic heterocycles. The molecule has 0 aliphatic rings. The number of amides is 2. The van der Waals surface area contributed by atoms with Crippen molar-refractivity contribution >= 4 is 11.8 Å². The Kier molecular flexibility index (Phi) is 6.20. The highest BCUT2D eigenvalue weighted by atomic mass is 19.1. The fraction of sp³-hybridized carbons (Fsp3) is 0.500. The van der Waals surface area contributed by atoms with Crippen LogP contribution in [0.5, 0.6) is 0 Å². The molecule has 2 amide bonds. The van der Waals surface area contributed by atoms with Gasteiger partial charge in [0.05, 0.1) is 5.56 Å². The maximum absolute atomic E-state index is 13.5. The maximum Gasteiger partial charge on any atom is 0.242 e. The van der Waals surface area contributed by atoms with Gasteiger partial charge in [0.25, 0.3) is 0 Å². The minimum Gasteiger partial charge on any atom is -0.386 e. The van der Waals surface area contributed by atoms with Gasteiger partial charge in [-0.15, -0.1) is 0 Å². The highest BCUT2D eigenvalue weighted by molar-refractivity contribution is 5.89. The van der Waals surface area contributed by atoms with E-state index in [4.69, 9.17) is 0 Å². The molecular weight excluding hydrogens is 306 g/mol. The molecule has 1 aromatic rings. The third-order valence-corrected chi connectivity index (χ3v) is 3.22. The molecule has 0 spiro atoms. The summed E-state index contributed by atoms with van der Waals surface area (Å²) in [6.45, 7) is 6.23. The maximum atomic E-state index is 13.5. The lowest BCUT2D eigenvalue weighted by Crippen LogP contribution is -2.48. The molecule has 0 saturated heterocycles. The highest BCUT2D eigenvalue weighted by Gasteiger charge is 2.25. The molecule has 0 radical (unpaired) electrons. The lowest BCUT2D eigenvalue weighted by atomic mass is 9.95. The van der Waals surface area contributed by atoms with E-state index in [-0.39, 0.29) is 12.5 Å². The van der Waals surface area contributed by atoms with Gasteiger partial charge >= 0.3 is 0 Å². The Morgan fingerprint density at radius 1 is 1.22 bits per heavy atom. The summed E-state index contributed by atoms with van der Waals surface area (Å²) in [6, 6.07) is 2.40. The van der Waals surface area contributed by atoms with Gasteiger partial charge in [0.15, 0.2) is 0 Å². The largest absolute Gasteiger partial charge is 0.386 e. The Morgan fingerprint density at radius 2 is 1.74 bits per heavy atom. The summed E-state index contributed by atoms with van der Waals surface area (Å²) < 4.78 is 27.0. The van der Waals surface area contributed by atoms with Crippen LogP contribution in [-0.4, -0.2) is 29.5 Å². The Balaban J connectivity index is 2.60. The first-order valence-corrected chi connectivity index (χ1v) is 7.24. The zero-order chi connectivity index (χ0) is 17.8. The van der Waals surface area contributed by atoms with Gasteiger partial charge in [-0.1, -0.05) is 26.8 Å². The Morgan fingerprint density at radius 3 is 2.22 bits per heavy atom. The molecule has 2 unspecified atom stereocenters. The van der Waals surface area contributed by atoms with Crippen LogP contribution < -0.4 is 10.6 Å². The predicted molar refractivity (Wildman–Crippen MR) is 81.4 cm³/mol. The quantitative estimate of drug-likeness (QED) is 0.769. The van der Waals surface area contributed by atoms with E-state index in [1.54, 1.807) is 20.8 Å². The fourth-order valence-electron chi connectivity index (χ4n) is 1.76. The van der Waals surface area contributed by atoms with E-state index in [9.17, 15) is 23.5 Å². The van der Waals surface area contributed by atoms with Crippen LogP contribution in [0.3, 0.4) is 0 Å². The van der Waals surface area contributed by atoms with Crippen molar-refractivity contribution < 1.29 is 23.5 Å². The molecule has 0 heterocycles. The minimum atomic E-state index is -1.52. The van der Waals surface area contributed by atoms with E-state index in [2.05, 4.69) is 10.6 Å². The number of carbonyl (C=O) groups is 2. The van der Waals surface area contributed by atoms with Crippen molar-refractivity contribution in [3.63, 3.8) is 0 Å². The van der Waals surface area contributed by atoms with Crippen LogP contribution in [0.4, 0.5) is 8.78 Å². The second-order valence-electron chi connectivity index (χ2n) is 6.34. The van der Waals surface area contributed by atoms with Crippen molar-refractivity contribution in [1.29, 1.82) is 0 Å². The topological polar surface area (TPSA) is 78.4 Å². The highest BCUT2D eigenvalue weighted by Crippen LogP contribution is 2.20. The van der Waals surface area contributed by atoms with E-state index in [0.29, 0.717) is 0 Å². The van der Waals surface area contributed by atoms with Gasteiger partial charge in [0, 0.05) is 12.0 Å². The summed E-state index contributed by atoms with van der Waals surface area (Å²) in [4.78, 5) is 23.7.